The molecule has 1 aliphatic carbocycles. The topological polar surface area (TPSA) is 57.6 Å². The quantitative estimate of drug-likeness (QED) is 0.906. The van der Waals surface area contributed by atoms with Gasteiger partial charge in [0.25, 0.3) is 0 Å². The van der Waals surface area contributed by atoms with Gasteiger partial charge in [-0.25, -0.2) is 0 Å². The minimum absolute atomic E-state index is 0.0677. The summed E-state index contributed by atoms with van der Waals surface area (Å²) in [4.78, 5) is 25.4. The third-order valence-electron chi connectivity index (χ3n) is 3.98. The molecule has 2 rings (SSSR count). The van der Waals surface area contributed by atoms with Crippen LogP contribution in [0, 0.1) is 32.6 Å². The summed E-state index contributed by atoms with van der Waals surface area (Å²) in [5.74, 6) is -1.30. The van der Waals surface area contributed by atoms with Crippen molar-refractivity contribution in [2.75, 3.05) is 11.4 Å². The van der Waals surface area contributed by atoms with Crippen LogP contribution < -0.4 is 4.90 Å². The Bertz CT molecular complexity index is 552. The molecule has 1 aromatic carbocycles. The van der Waals surface area contributed by atoms with Crippen molar-refractivity contribution in [2.24, 2.45) is 11.8 Å². The zero-order valence-electron chi connectivity index (χ0n) is 13.1. The maximum absolute atomic E-state index is 12.6. The van der Waals surface area contributed by atoms with Crippen molar-refractivity contribution in [3.8, 4) is 0 Å². The third-order valence-corrected chi connectivity index (χ3v) is 3.98. The van der Waals surface area contributed by atoms with Crippen LogP contribution in [0.2, 0.25) is 0 Å². The van der Waals surface area contributed by atoms with Gasteiger partial charge in [-0.05, 0) is 44.7 Å². The Morgan fingerprint density at radius 3 is 2.19 bits per heavy atom. The van der Waals surface area contributed by atoms with E-state index in [0.29, 0.717) is 0 Å². The number of amides is 1. The molecule has 4 nitrogen and oxygen atoms in total. The predicted octanol–water partition coefficient (Wildman–Crippen LogP) is 3.08. The second-order valence-corrected chi connectivity index (χ2v) is 6.21. The number of hydrogen-bond acceptors (Lipinski definition) is 2. The summed E-state index contributed by atoms with van der Waals surface area (Å²) in [5.41, 5.74) is 4.09. The lowest BCUT2D eigenvalue weighted by molar-refractivity contribution is -0.140. The fourth-order valence-corrected chi connectivity index (χ4v) is 2.79. The average molecular weight is 289 g/mol. The van der Waals surface area contributed by atoms with Gasteiger partial charge in [0, 0.05) is 18.2 Å². The molecule has 1 aromatic rings. The van der Waals surface area contributed by atoms with Crippen LogP contribution in [0.3, 0.4) is 0 Å². The molecular formula is C17H23NO3. The van der Waals surface area contributed by atoms with Crippen molar-refractivity contribution < 1.29 is 14.7 Å². The van der Waals surface area contributed by atoms with Gasteiger partial charge >= 0.3 is 5.97 Å². The number of aliphatic carboxylic acids is 1. The van der Waals surface area contributed by atoms with Gasteiger partial charge in [0.2, 0.25) is 5.91 Å². The second-order valence-electron chi connectivity index (χ2n) is 6.21. The molecule has 0 aromatic heterocycles. The number of anilines is 1. The summed E-state index contributed by atoms with van der Waals surface area (Å²) in [6, 6.07) is 4.09. The van der Waals surface area contributed by atoms with Crippen LogP contribution in [0.15, 0.2) is 12.1 Å². The monoisotopic (exact) mass is 289 g/mol. The van der Waals surface area contributed by atoms with E-state index in [9.17, 15) is 9.59 Å². The molecule has 0 heterocycles. The van der Waals surface area contributed by atoms with E-state index >= 15 is 0 Å². The van der Waals surface area contributed by atoms with Gasteiger partial charge in [-0.3, -0.25) is 9.59 Å². The molecule has 1 N–H and O–H groups in total. The van der Waals surface area contributed by atoms with Gasteiger partial charge in [0.15, 0.2) is 0 Å². The molecule has 0 bridgehead atoms. The number of carbonyl (C=O) groups excluding carboxylic acids is 1. The smallest absolute Gasteiger partial charge is 0.308 e. The molecule has 1 unspecified atom stereocenters. The van der Waals surface area contributed by atoms with E-state index in [1.807, 2.05) is 32.9 Å². The van der Waals surface area contributed by atoms with Crippen molar-refractivity contribution in [2.45, 2.75) is 40.5 Å². The van der Waals surface area contributed by atoms with E-state index in [0.717, 1.165) is 35.2 Å². The normalized spacial score (nSPS) is 15.6. The van der Waals surface area contributed by atoms with Crippen LogP contribution in [0.1, 0.15) is 36.5 Å². The molecule has 0 saturated heterocycles. The summed E-state index contributed by atoms with van der Waals surface area (Å²) in [6.07, 6.45) is 1.83. The van der Waals surface area contributed by atoms with E-state index in [2.05, 4.69) is 0 Å². The highest BCUT2D eigenvalue weighted by molar-refractivity contribution is 5.98. The highest BCUT2D eigenvalue weighted by atomic mass is 16.4. The van der Waals surface area contributed by atoms with Crippen LogP contribution in [-0.4, -0.2) is 23.5 Å². The van der Waals surface area contributed by atoms with Crippen LogP contribution >= 0.6 is 0 Å². The van der Waals surface area contributed by atoms with E-state index in [4.69, 9.17) is 5.11 Å². The maximum atomic E-state index is 12.6. The fourth-order valence-electron chi connectivity index (χ4n) is 2.79. The highest BCUT2D eigenvalue weighted by Gasteiger charge is 2.36. The third kappa shape index (κ3) is 3.43. The molecular weight excluding hydrogens is 266 g/mol. The number of nitrogens with zero attached hydrogens (tertiary/aromatic N) is 1. The molecule has 0 radical (unpaired) electrons. The number of carboxylic acid groups (broad SMARTS) is 1. The zero-order valence-corrected chi connectivity index (χ0v) is 13.1. The summed E-state index contributed by atoms with van der Waals surface area (Å²) in [6.45, 7) is 7.86. The Balaban J connectivity index is 2.39. The van der Waals surface area contributed by atoms with Crippen LogP contribution in [0.5, 0.6) is 0 Å². The first-order valence-electron chi connectivity index (χ1n) is 7.43. The lowest BCUT2D eigenvalue weighted by atomic mass is 10.0. The number of benzene rings is 1. The summed E-state index contributed by atoms with van der Waals surface area (Å²) < 4.78 is 0. The van der Waals surface area contributed by atoms with Crippen molar-refractivity contribution in [1.82, 2.24) is 0 Å². The average Bonchev–Trinajstić information content (AvgIpc) is 3.19. The highest BCUT2D eigenvalue weighted by Crippen LogP contribution is 2.35. The largest absolute Gasteiger partial charge is 0.481 e. The van der Waals surface area contributed by atoms with Gasteiger partial charge in [0.05, 0.1) is 5.92 Å². The Morgan fingerprint density at radius 1 is 1.24 bits per heavy atom. The number of rotatable bonds is 5. The first-order chi connectivity index (χ1) is 9.81. The Kier molecular flexibility index (Phi) is 4.35. The molecule has 114 valence electrons. The Hall–Kier alpha value is -1.84. The Morgan fingerprint density at radius 2 is 1.76 bits per heavy atom. The van der Waals surface area contributed by atoms with E-state index in [1.54, 1.807) is 11.8 Å². The lowest BCUT2D eigenvalue weighted by Crippen LogP contribution is -2.38. The lowest BCUT2D eigenvalue weighted by Gasteiger charge is -2.28. The van der Waals surface area contributed by atoms with Crippen molar-refractivity contribution >= 4 is 17.6 Å². The minimum Gasteiger partial charge on any atom is -0.481 e. The molecule has 1 atom stereocenters. The van der Waals surface area contributed by atoms with Crippen LogP contribution in [-0.2, 0) is 9.59 Å². The first kappa shape index (κ1) is 15.5. The van der Waals surface area contributed by atoms with E-state index in [1.165, 1.54) is 0 Å². The summed E-state index contributed by atoms with van der Waals surface area (Å²) in [5, 5.41) is 9.16. The molecule has 21 heavy (non-hydrogen) atoms. The van der Waals surface area contributed by atoms with Gasteiger partial charge in [0.1, 0.15) is 0 Å². The van der Waals surface area contributed by atoms with Crippen molar-refractivity contribution in [3.63, 3.8) is 0 Å². The fraction of sp³-hybridized carbons (Fsp3) is 0.529. The molecule has 1 fully saturated rings. The maximum Gasteiger partial charge on any atom is 0.308 e. The first-order valence-corrected chi connectivity index (χ1v) is 7.43. The van der Waals surface area contributed by atoms with Gasteiger partial charge in [-0.15, -0.1) is 0 Å². The van der Waals surface area contributed by atoms with Crippen molar-refractivity contribution in [3.05, 3.63) is 28.8 Å². The van der Waals surface area contributed by atoms with Crippen LogP contribution in [0.4, 0.5) is 5.69 Å². The van der Waals surface area contributed by atoms with Gasteiger partial charge in [-0.2, -0.15) is 0 Å². The van der Waals surface area contributed by atoms with E-state index < -0.39 is 11.9 Å². The zero-order chi connectivity index (χ0) is 15.7. The van der Waals surface area contributed by atoms with Gasteiger partial charge < -0.3 is 10.0 Å². The number of hydrogen-bond donors (Lipinski definition) is 1. The molecule has 4 heteroatoms. The molecule has 1 saturated carbocycles. The molecule has 0 spiro atoms. The number of aryl methyl sites for hydroxylation is 3. The van der Waals surface area contributed by atoms with Gasteiger partial charge in [-0.1, -0.05) is 24.6 Å². The minimum atomic E-state index is -0.869. The molecule has 0 aliphatic heterocycles. The number of carbonyl (C=O) groups is 2. The van der Waals surface area contributed by atoms with Crippen molar-refractivity contribution in [1.29, 1.82) is 0 Å². The molecule has 1 amide bonds. The Labute approximate surface area is 125 Å². The second kappa shape index (κ2) is 5.88. The summed E-state index contributed by atoms with van der Waals surface area (Å²) in [7, 11) is 0. The SMILES string of the molecule is Cc1cc(C)c(N(CC(C)C(=O)O)C(=O)C2CC2)c(C)c1. The number of carboxylic acids is 1. The standard InChI is InChI=1S/C17H23NO3/c1-10-7-11(2)15(12(3)8-10)18(9-13(4)17(20)21)16(19)14-5-6-14/h7-8,13-14H,5-6,9H2,1-4H3,(H,20,21). The van der Waals surface area contributed by atoms with Crippen LogP contribution in [0.25, 0.3) is 0 Å². The molecule has 1 aliphatic rings. The van der Waals surface area contributed by atoms with E-state index in [-0.39, 0.29) is 18.4 Å². The predicted molar refractivity (Wildman–Crippen MR) is 82.5 cm³/mol. The summed E-state index contributed by atoms with van der Waals surface area (Å²) >= 11 is 0.